The van der Waals surface area contributed by atoms with Crippen LogP contribution >= 0.6 is 11.8 Å². The number of fused-ring (bicyclic) bond motifs is 1. The van der Waals surface area contributed by atoms with Crippen molar-refractivity contribution >= 4 is 34.4 Å². The van der Waals surface area contributed by atoms with E-state index in [-0.39, 0.29) is 12.5 Å². The lowest BCUT2D eigenvalue weighted by Crippen LogP contribution is -2.33. The van der Waals surface area contributed by atoms with Crippen molar-refractivity contribution in [2.24, 2.45) is 0 Å². The van der Waals surface area contributed by atoms with E-state index in [1.54, 1.807) is 6.07 Å². The fourth-order valence-electron chi connectivity index (χ4n) is 2.09. The van der Waals surface area contributed by atoms with Gasteiger partial charge in [0, 0.05) is 0 Å². The van der Waals surface area contributed by atoms with Crippen LogP contribution in [0.5, 0.6) is 5.75 Å². The van der Waals surface area contributed by atoms with Crippen molar-refractivity contribution in [2.45, 2.75) is 0 Å². The van der Waals surface area contributed by atoms with Crippen LogP contribution in [0.2, 0.25) is 0 Å². The zero-order valence-corrected chi connectivity index (χ0v) is 11.6. The predicted octanol–water partition coefficient (Wildman–Crippen LogP) is 2.28. The first kappa shape index (κ1) is 13.0. The Morgan fingerprint density at radius 3 is 2.75 bits per heavy atom. The van der Waals surface area contributed by atoms with E-state index in [0.29, 0.717) is 17.4 Å². The van der Waals surface area contributed by atoms with Gasteiger partial charge in [-0.3, -0.25) is 4.79 Å². The molecule has 0 N–H and O–H groups in total. The molecule has 0 saturated carbocycles. The van der Waals surface area contributed by atoms with Crippen LogP contribution in [0.3, 0.4) is 0 Å². The molecule has 20 heavy (non-hydrogen) atoms. The van der Waals surface area contributed by atoms with Crippen LogP contribution in [0.15, 0.2) is 42.5 Å². The molecular weight excluding hydrogens is 274 g/mol. The van der Waals surface area contributed by atoms with Crippen LogP contribution in [0.4, 0.5) is 0 Å². The second-order valence-corrected chi connectivity index (χ2v) is 5.51. The maximum atomic E-state index is 11.8. The van der Waals surface area contributed by atoms with E-state index in [2.05, 4.69) is 0 Å². The first-order valence-electron chi connectivity index (χ1n) is 6.27. The first-order chi connectivity index (χ1) is 9.72. The van der Waals surface area contributed by atoms with E-state index in [1.165, 1.54) is 16.7 Å². The molecule has 1 fully saturated rings. The van der Waals surface area contributed by atoms with Gasteiger partial charge in [-0.1, -0.05) is 30.3 Å². The van der Waals surface area contributed by atoms with E-state index in [4.69, 9.17) is 4.74 Å². The van der Waals surface area contributed by atoms with Gasteiger partial charge in [-0.2, -0.15) is 0 Å². The minimum atomic E-state index is -0.406. The normalized spacial score (nSPS) is 14.8. The number of esters is 1. The van der Waals surface area contributed by atoms with Crippen molar-refractivity contribution in [2.75, 3.05) is 18.2 Å². The summed E-state index contributed by atoms with van der Waals surface area (Å²) in [6.07, 6.45) is 0. The van der Waals surface area contributed by atoms with Crippen molar-refractivity contribution in [3.05, 3.63) is 42.5 Å². The summed E-state index contributed by atoms with van der Waals surface area (Å²) in [5.41, 5.74) is 0. The predicted molar refractivity (Wildman–Crippen MR) is 78.6 cm³/mol. The van der Waals surface area contributed by atoms with Gasteiger partial charge in [-0.05, 0) is 22.9 Å². The third-order valence-electron chi connectivity index (χ3n) is 3.10. The number of hydrogen-bond acceptors (Lipinski definition) is 4. The summed E-state index contributed by atoms with van der Waals surface area (Å²) in [4.78, 5) is 24.8. The Kier molecular flexibility index (Phi) is 3.60. The number of rotatable bonds is 3. The molecule has 0 aliphatic carbocycles. The summed E-state index contributed by atoms with van der Waals surface area (Å²) in [6, 6.07) is 13.4. The molecule has 0 bridgehead atoms. The third kappa shape index (κ3) is 2.77. The minimum absolute atomic E-state index is 0.00883. The highest BCUT2D eigenvalue weighted by atomic mass is 32.2. The highest BCUT2D eigenvalue weighted by Gasteiger charge is 2.23. The lowest BCUT2D eigenvalue weighted by molar-refractivity contribution is -0.140. The molecule has 102 valence electrons. The molecular formula is C15H13NO3S. The fraction of sp³-hybridized carbons (Fsp3) is 0.200. The monoisotopic (exact) mass is 287 g/mol. The van der Waals surface area contributed by atoms with E-state index in [0.717, 1.165) is 10.8 Å². The average Bonchev–Trinajstić information content (AvgIpc) is 2.84. The maximum Gasteiger partial charge on any atom is 0.331 e. The number of amides is 1. The molecule has 1 heterocycles. The molecule has 1 aliphatic heterocycles. The Labute approximate surface area is 120 Å². The van der Waals surface area contributed by atoms with Crippen molar-refractivity contribution in [3.63, 3.8) is 0 Å². The summed E-state index contributed by atoms with van der Waals surface area (Å²) in [5.74, 6) is 1.10. The number of benzene rings is 2. The Balaban J connectivity index is 1.69. The molecule has 0 aromatic heterocycles. The Bertz CT molecular complexity index is 671. The van der Waals surface area contributed by atoms with Crippen molar-refractivity contribution in [3.8, 4) is 5.75 Å². The van der Waals surface area contributed by atoms with Gasteiger partial charge in [0.15, 0.2) is 0 Å². The molecule has 1 saturated heterocycles. The van der Waals surface area contributed by atoms with E-state index >= 15 is 0 Å². The quantitative estimate of drug-likeness (QED) is 0.642. The zero-order chi connectivity index (χ0) is 13.9. The van der Waals surface area contributed by atoms with Gasteiger partial charge >= 0.3 is 5.97 Å². The summed E-state index contributed by atoms with van der Waals surface area (Å²) < 4.78 is 5.29. The second kappa shape index (κ2) is 5.54. The number of carbonyl (C=O) groups excluding carboxylic acids is 2. The molecule has 0 unspecified atom stereocenters. The van der Waals surface area contributed by atoms with E-state index in [1.807, 2.05) is 36.4 Å². The number of hydrogen-bond donors (Lipinski definition) is 0. The summed E-state index contributed by atoms with van der Waals surface area (Å²) in [5, 5.41) is 2.11. The molecule has 2 aromatic rings. The van der Waals surface area contributed by atoms with Crippen LogP contribution < -0.4 is 4.74 Å². The lowest BCUT2D eigenvalue weighted by atomic mass is 10.1. The van der Waals surface area contributed by atoms with Crippen LogP contribution in [-0.4, -0.2) is 35.0 Å². The highest BCUT2D eigenvalue weighted by molar-refractivity contribution is 8.00. The molecule has 5 heteroatoms. The first-order valence-corrected chi connectivity index (χ1v) is 7.43. The standard InChI is InChI=1S/C15H13NO3S/c17-14-9-20-10-16(14)8-15(18)19-13-6-5-11-3-1-2-4-12(11)7-13/h1-7H,8-10H2. The van der Waals surface area contributed by atoms with E-state index < -0.39 is 5.97 Å². The van der Waals surface area contributed by atoms with Crippen LogP contribution in [0, 0.1) is 0 Å². The van der Waals surface area contributed by atoms with Crippen molar-refractivity contribution in [1.82, 2.24) is 4.90 Å². The topological polar surface area (TPSA) is 46.6 Å². The molecule has 1 aliphatic rings. The molecule has 2 aromatic carbocycles. The maximum absolute atomic E-state index is 11.8. The van der Waals surface area contributed by atoms with Gasteiger partial charge in [0.2, 0.25) is 5.91 Å². The summed E-state index contributed by atoms with van der Waals surface area (Å²) in [7, 11) is 0. The Morgan fingerprint density at radius 2 is 2.00 bits per heavy atom. The molecule has 4 nitrogen and oxygen atoms in total. The fourth-order valence-corrected chi connectivity index (χ4v) is 2.99. The van der Waals surface area contributed by atoms with Crippen molar-refractivity contribution < 1.29 is 14.3 Å². The Hall–Kier alpha value is -2.01. The highest BCUT2D eigenvalue weighted by Crippen LogP contribution is 2.21. The zero-order valence-electron chi connectivity index (χ0n) is 10.7. The van der Waals surface area contributed by atoms with Gasteiger partial charge in [0.25, 0.3) is 0 Å². The van der Waals surface area contributed by atoms with Gasteiger partial charge in [0.05, 0.1) is 11.6 Å². The molecule has 3 rings (SSSR count). The smallest absolute Gasteiger partial charge is 0.331 e. The largest absolute Gasteiger partial charge is 0.425 e. The molecule has 0 radical (unpaired) electrons. The summed E-state index contributed by atoms with van der Waals surface area (Å²) in [6.45, 7) is 0.0126. The summed E-state index contributed by atoms with van der Waals surface area (Å²) >= 11 is 1.51. The van der Waals surface area contributed by atoms with Crippen LogP contribution in [0.1, 0.15) is 0 Å². The number of carbonyl (C=O) groups is 2. The van der Waals surface area contributed by atoms with Gasteiger partial charge < -0.3 is 9.64 Å². The molecule has 1 amide bonds. The van der Waals surface area contributed by atoms with Crippen LogP contribution in [0.25, 0.3) is 10.8 Å². The van der Waals surface area contributed by atoms with Crippen molar-refractivity contribution in [1.29, 1.82) is 0 Å². The van der Waals surface area contributed by atoms with Crippen LogP contribution in [-0.2, 0) is 9.59 Å². The Morgan fingerprint density at radius 1 is 1.20 bits per heavy atom. The minimum Gasteiger partial charge on any atom is -0.425 e. The van der Waals surface area contributed by atoms with Gasteiger partial charge in [-0.15, -0.1) is 11.8 Å². The molecule has 0 atom stereocenters. The average molecular weight is 287 g/mol. The van der Waals surface area contributed by atoms with Gasteiger partial charge in [-0.25, -0.2) is 4.79 Å². The lowest BCUT2D eigenvalue weighted by Gasteiger charge is -2.13. The molecule has 0 spiro atoms. The van der Waals surface area contributed by atoms with Gasteiger partial charge in [0.1, 0.15) is 12.3 Å². The number of thioether (sulfide) groups is 1. The SMILES string of the molecule is O=C(CN1CSCC1=O)Oc1ccc2ccccc2c1. The third-order valence-corrected chi connectivity index (χ3v) is 4.04. The van der Waals surface area contributed by atoms with E-state index in [9.17, 15) is 9.59 Å². The number of ether oxygens (including phenoxy) is 1. The number of nitrogens with zero attached hydrogens (tertiary/aromatic N) is 1. The second-order valence-electron chi connectivity index (χ2n) is 4.55.